The Balaban J connectivity index is 2.11. The first kappa shape index (κ1) is 14.8. The third kappa shape index (κ3) is 3.92. The number of allylic oxidation sites excluding steroid dienone is 3. The molecule has 0 atom stereocenters. The Morgan fingerprint density at radius 3 is 2.90 bits per heavy atom. The second-order valence-electron chi connectivity index (χ2n) is 4.43. The van der Waals surface area contributed by atoms with Crippen molar-refractivity contribution < 1.29 is 15.4 Å². The zero-order valence-electron chi connectivity index (χ0n) is 11.7. The smallest absolute Gasteiger partial charge is 0.143 e. The molecule has 0 saturated heterocycles. The third-order valence-corrected chi connectivity index (χ3v) is 3.05. The largest absolute Gasteiger partial charge is 0.497 e. The van der Waals surface area contributed by atoms with E-state index in [-0.39, 0.29) is 0 Å². The van der Waals surface area contributed by atoms with Crippen molar-refractivity contribution in [1.82, 2.24) is 5.01 Å². The molecule has 1 aromatic carbocycles. The van der Waals surface area contributed by atoms with Crippen LogP contribution in [0.1, 0.15) is 12.0 Å². The van der Waals surface area contributed by atoms with E-state index in [4.69, 9.17) is 15.2 Å². The average molecular weight is 285 g/mol. The summed E-state index contributed by atoms with van der Waals surface area (Å²) in [5.74, 6) is 0.813. The number of hydroxylamine groups is 1. The number of benzene rings is 1. The normalized spacial score (nSPS) is 16.3. The van der Waals surface area contributed by atoms with E-state index in [0.717, 1.165) is 22.5 Å². The maximum Gasteiger partial charge on any atom is 0.143 e. The van der Waals surface area contributed by atoms with Crippen LogP contribution in [0.4, 0.5) is 0 Å². The van der Waals surface area contributed by atoms with Gasteiger partial charge in [-0.2, -0.15) is 15.8 Å². The van der Waals surface area contributed by atoms with Crippen LogP contribution < -0.4 is 10.2 Å². The number of rotatable bonds is 5. The van der Waals surface area contributed by atoms with Crippen molar-refractivity contribution >= 4 is 6.21 Å². The van der Waals surface area contributed by atoms with Gasteiger partial charge in [-0.1, -0.05) is 12.1 Å². The molecule has 0 saturated carbocycles. The van der Waals surface area contributed by atoms with Crippen LogP contribution >= 0.6 is 0 Å². The fourth-order valence-electron chi connectivity index (χ4n) is 1.97. The quantitative estimate of drug-likeness (QED) is 0.627. The third-order valence-electron chi connectivity index (χ3n) is 3.05. The second kappa shape index (κ2) is 7.24. The minimum absolute atomic E-state index is 0.387. The molecular formula is C15H17N4O2+. The second-order valence-corrected chi connectivity index (χ2v) is 4.43. The van der Waals surface area contributed by atoms with Crippen molar-refractivity contribution in [2.24, 2.45) is 5.10 Å². The lowest BCUT2D eigenvalue weighted by Gasteiger charge is -2.16. The van der Waals surface area contributed by atoms with Crippen molar-refractivity contribution in [3.05, 3.63) is 53.4 Å². The number of nitrogens with zero attached hydrogens (tertiary/aromatic N) is 3. The van der Waals surface area contributed by atoms with Gasteiger partial charge in [0.15, 0.2) is 0 Å². The molecule has 0 bridgehead atoms. The highest BCUT2D eigenvalue weighted by Gasteiger charge is 2.14. The van der Waals surface area contributed by atoms with E-state index in [9.17, 15) is 0 Å². The van der Waals surface area contributed by atoms with Crippen molar-refractivity contribution in [2.45, 2.75) is 13.0 Å². The number of nitriles is 1. The van der Waals surface area contributed by atoms with Gasteiger partial charge in [-0.25, -0.2) is 5.21 Å². The van der Waals surface area contributed by atoms with Crippen LogP contribution in [0.3, 0.4) is 0 Å². The lowest BCUT2D eigenvalue weighted by Crippen LogP contribution is -2.74. The Labute approximate surface area is 123 Å². The molecule has 1 heterocycles. The number of hydrazone groups is 1. The average Bonchev–Trinajstić information content (AvgIpc) is 2.94. The standard InChI is InChI=1S/C15H16N4O2/c1-21-15-4-2-12(3-5-15)11-19-14(6-7-17-19)8-13(9-16)10-18-20/h2-5,7-8,10,18,20H,6,11H2,1H3/p+1/b13-10+,14-8+. The Hall–Kier alpha value is -2.62. The fourth-order valence-corrected chi connectivity index (χ4v) is 1.97. The molecule has 0 aromatic heterocycles. The minimum Gasteiger partial charge on any atom is -0.497 e. The number of nitrogens with two attached hydrogens (primary N) is 1. The molecule has 0 aliphatic carbocycles. The predicted molar refractivity (Wildman–Crippen MR) is 77.1 cm³/mol. The molecule has 1 aromatic rings. The van der Waals surface area contributed by atoms with Crippen LogP contribution in [-0.2, 0) is 6.54 Å². The summed E-state index contributed by atoms with van der Waals surface area (Å²) in [4.78, 5) is 0. The first-order valence-corrected chi connectivity index (χ1v) is 6.48. The van der Waals surface area contributed by atoms with Gasteiger partial charge in [-0.15, -0.1) is 0 Å². The van der Waals surface area contributed by atoms with Crippen molar-refractivity contribution in [1.29, 1.82) is 5.26 Å². The molecule has 0 radical (unpaired) electrons. The summed E-state index contributed by atoms with van der Waals surface area (Å²) in [5, 5.41) is 23.9. The van der Waals surface area contributed by atoms with Gasteiger partial charge in [0.2, 0.25) is 0 Å². The van der Waals surface area contributed by atoms with Crippen molar-refractivity contribution in [2.75, 3.05) is 7.11 Å². The highest BCUT2D eigenvalue weighted by molar-refractivity contribution is 5.64. The van der Waals surface area contributed by atoms with E-state index < -0.39 is 0 Å². The molecule has 1 aliphatic rings. The molecule has 2 rings (SSSR count). The maximum atomic E-state index is 8.98. The van der Waals surface area contributed by atoms with E-state index in [1.807, 2.05) is 35.3 Å². The van der Waals surface area contributed by atoms with Crippen molar-refractivity contribution in [3.63, 3.8) is 0 Å². The topological polar surface area (TPSA) is 85.5 Å². The summed E-state index contributed by atoms with van der Waals surface area (Å²) in [6, 6.07) is 9.79. The highest BCUT2D eigenvalue weighted by atomic mass is 16.5. The first-order chi connectivity index (χ1) is 10.3. The highest BCUT2D eigenvalue weighted by Crippen LogP contribution is 2.21. The Morgan fingerprint density at radius 1 is 1.52 bits per heavy atom. The molecule has 1 aliphatic heterocycles. The Kier molecular flexibility index (Phi) is 5.10. The number of ether oxygens (including phenoxy) is 1. The molecular weight excluding hydrogens is 268 g/mol. The number of hydrogen-bond acceptors (Lipinski definition) is 5. The monoisotopic (exact) mass is 285 g/mol. The summed E-state index contributed by atoms with van der Waals surface area (Å²) < 4.78 is 5.13. The van der Waals surface area contributed by atoms with Gasteiger partial charge in [0.25, 0.3) is 0 Å². The van der Waals surface area contributed by atoms with Crippen LogP contribution in [-0.4, -0.2) is 23.5 Å². The zero-order valence-corrected chi connectivity index (χ0v) is 11.7. The lowest BCUT2D eigenvalue weighted by molar-refractivity contribution is -0.838. The van der Waals surface area contributed by atoms with Gasteiger partial charge in [0.05, 0.1) is 13.7 Å². The molecule has 0 spiro atoms. The summed E-state index contributed by atoms with van der Waals surface area (Å²) >= 11 is 0. The summed E-state index contributed by atoms with van der Waals surface area (Å²) in [6.07, 6.45) is 5.55. The van der Waals surface area contributed by atoms with Crippen LogP contribution in [0, 0.1) is 11.3 Å². The molecule has 6 heteroatoms. The molecule has 0 unspecified atom stereocenters. The summed E-state index contributed by atoms with van der Waals surface area (Å²) in [6.45, 7) is 0.619. The first-order valence-electron chi connectivity index (χ1n) is 6.48. The van der Waals surface area contributed by atoms with E-state index >= 15 is 0 Å². The van der Waals surface area contributed by atoms with Crippen molar-refractivity contribution in [3.8, 4) is 11.8 Å². The molecule has 3 N–H and O–H groups in total. The van der Waals surface area contributed by atoms with E-state index in [2.05, 4.69) is 5.10 Å². The van der Waals surface area contributed by atoms with E-state index in [1.54, 1.807) is 19.4 Å². The van der Waals surface area contributed by atoms with E-state index in [1.165, 1.54) is 6.20 Å². The molecule has 0 amide bonds. The van der Waals surface area contributed by atoms with E-state index in [0.29, 0.717) is 18.5 Å². The van der Waals surface area contributed by atoms with Crippen LogP contribution in [0.25, 0.3) is 0 Å². The number of hydrogen-bond donors (Lipinski definition) is 2. The summed E-state index contributed by atoms with van der Waals surface area (Å²) in [5.41, 5.74) is 3.26. The predicted octanol–water partition coefficient (Wildman–Crippen LogP) is 1.13. The SMILES string of the molecule is COc1ccc(CN2N=CC/C2=C\C(C#N)=C/[NH2+]O)cc1. The Bertz CT molecular complexity index is 612. The lowest BCUT2D eigenvalue weighted by atomic mass is 10.2. The zero-order chi connectivity index (χ0) is 15.1. The molecule has 21 heavy (non-hydrogen) atoms. The minimum atomic E-state index is 0.387. The van der Waals surface area contributed by atoms with Gasteiger partial charge < -0.3 is 4.74 Å². The molecule has 6 nitrogen and oxygen atoms in total. The van der Waals surface area contributed by atoms with Gasteiger partial charge in [-0.05, 0) is 23.8 Å². The maximum absolute atomic E-state index is 8.98. The van der Waals surface area contributed by atoms with Gasteiger partial charge in [0.1, 0.15) is 23.6 Å². The molecule has 108 valence electrons. The van der Waals surface area contributed by atoms with Crippen LogP contribution in [0.15, 0.2) is 52.9 Å². The fraction of sp³-hybridized carbons (Fsp3) is 0.200. The summed E-state index contributed by atoms with van der Waals surface area (Å²) in [7, 11) is 1.63. The number of quaternary nitrogens is 1. The van der Waals surface area contributed by atoms with Gasteiger partial charge in [0, 0.05) is 18.3 Å². The van der Waals surface area contributed by atoms with Crippen LogP contribution in [0.2, 0.25) is 0 Å². The van der Waals surface area contributed by atoms with Gasteiger partial charge >= 0.3 is 0 Å². The van der Waals surface area contributed by atoms with Gasteiger partial charge in [-0.3, -0.25) is 5.01 Å². The molecule has 0 fully saturated rings. The van der Waals surface area contributed by atoms with Crippen LogP contribution in [0.5, 0.6) is 5.75 Å². The Morgan fingerprint density at radius 2 is 2.29 bits per heavy atom. The number of methoxy groups -OCH3 is 1.